The molecule has 1 aromatic carbocycles. The van der Waals surface area contributed by atoms with Gasteiger partial charge < -0.3 is 11.1 Å². The maximum absolute atomic E-state index is 12.0. The van der Waals surface area contributed by atoms with Crippen molar-refractivity contribution in [3.8, 4) is 0 Å². The molecule has 0 aliphatic carbocycles. The predicted molar refractivity (Wildman–Crippen MR) is 94.2 cm³/mol. The third-order valence-corrected chi connectivity index (χ3v) is 5.22. The molecule has 3 N–H and O–H groups in total. The number of nitrogens with two attached hydrogens (primary N) is 1. The second-order valence-electron chi connectivity index (χ2n) is 4.59. The van der Waals surface area contributed by atoms with Crippen molar-refractivity contribution in [2.75, 3.05) is 5.32 Å². The number of halogens is 2. The molecule has 0 aliphatic heterocycles. The second-order valence-corrected chi connectivity index (χ2v) is 7.12. The molecule has 0 aliphatic rings. The number of anilines is 1. The van der Waals surface area contributed by atoms with Crippen LogP contribution in [0.4, 0.5) is 5.69 Å². The van der Waals surface area contributed by atoms with Crippen LogP contribution in [0.3, 0.4) is 0 Å². The second kappa shape index (κ2) is 8.69. The minimum absolute atomic E-state index is 0. The van der Waals surface area contributed by atoms with Crippen molar-refractivity contribution in [2.45, 2.75) is 29.1 Å². The first-order valence-electron chi connectivity index (χ1n) is 6.27. The van der Waals surface area contributed by atoms with Crippen molar-refractivity contribution in [1.29, 1.82) is 0 Å². The Morgan fingerprint density at radius 2 is 2.18 bits per heavy atom. The van der Waals surface area contributed by atoms with E-state index < -0.39 is 0 Å². The lowest BCUT2D eigenvalue weighted by atomic mass is 10.0. The van der Waals surface area contributed by atoms with E-state index in [4.69, 9.17) is 17.3 Å². The van der Waals surface area contributed by atoms with Crippen LogP contribution in [-0.2, 0) is 4.79 Å². The van der Waals surface area contributed by atoms with E-state index in [2.05, 4.69) is 15.5 Å². The molecule has 0 spiro atoms. The van der Waals surface area contributed by atoms with Crippen LogP contribution in [0.1, 0.15) is 13.8 Å². The summed E-state index contributed by atoms with van der Waals surface area (Å²) < 4.78 is 0.819. The van der Waals surface area contributed by atoms with E-state index in [1.165, 1.54) is 23.1 Å². The maximum Gasteiger partial charge on any atom is 0.228 e. The Balaban J connectivity index is 0.00000242. The number of benzene rings is 1. The summed E-state index contributed by atoms with van der Waals surface area (Å²) in [5, 5.41) is 11.1. The van der Waals surface area contributed by atoms with Gasteiger partial charge in [0.25, 0.3) is 0 Å². The lowest BCUT2D eigenvalue weighted by molar-refractivity contribution is -0.119. The van der Waals surface area contributed by atoms with Gasteiger partial charge in [0.05, 0.1) is 10.9 Å². The first-order chi connectivity index (χ1) is 9.97. The van der Waals surface area contributed by atoms with Crippen molar-refractivity contribution in [1.82, 2.24) is 10.2 Å². The molecule has 0 saturated carbocycles. The summed E-state index contributed by atoms with van der Waals surface area (Å²) in [6.07, 6.45) is 0. The third kappa shape index (κ3) is 5.10. The highest BCUT2D eigenvalue weighted by Crippen LogP contribution is 2.35. The van der Waals surface area contributed by atoms with E-state index in [1.807, 2.05) is 6.07 Å². The first-order valence-corrected chi connectivity index (χ1v) is 8.35. The molecule has 120 valence electrons. The zero-order valence-electron chi connectivity index (χ0n) is 11.9. The molecule has 1 aromatic heterocycles. The number of amides is 1. The molecule has 2 rings (SSSR count). The highest BCUT2D eigenvalue weighted by Gasteiger charge is 2.17. The predicted octanol–water partition coefficient (Wildman–Crippen LogP) is 3.69. The minimum atomic E-state index is -0.265. The molecule has 9 heteroatoms. The van der Waals surface area contributed by atoms with Gasteiger partial charge in [-0.1, -0.05) is 41.6 Å². The Morgan fingerprint density at radius 3 is 2.73 bits per heavy atom. The Hall–Kier alpha value is -0.860. The van der Waals surface area contributed by atoms with Gasteiger partial charge in [0.1, 0.15) is 5.51 Å². The van der Waals surface area contributed by atoms with Crippen LogP contribution in [0, 0.1) is 5.92 Å². The van der Waals surface area contributed by atoms with Crippen LogP contribution >= 0.6 is 47.1 Å². The summed E-state index contributed by atoms with van der Waals surface area (Å²) in [6.45, 7) is 3.60. The number of nitrogens with one attached hydrogen (secondary N) is 1. The topological polar surface area (TPSA) is 80.9 Å². The summed E-state index contributed by atoms with van der Waals surface area (Å²) in [4.78, 5) is 12.8. The minimum Gasteiger partial charge on any atom is -0.327 e. The molecule has 1 amide bonds. The maximum atomic E-state index is 12.0. The fourth-order valence-electron chi connectivity index (χ4n) is 1.46. The average molecular weight is 379 g/mol. The number of nitrogens with zero attached hydrogens (tertiary/aromatic N) is 2. The largest absolute Gasteiger partial charge is 0.327 e. The monoisotopic (exact) mass is 378 g/mol. The molecule has 2 aromatic rings. The molecular weight excluding hydrogens is 363 g/mol. The van der Waals surface area contributed by atoms with Crippen molar-refractivity contribution in [3.05, 3.63) is 28.7 Å². The zero-order chi connectivity index (χ0) is 15.4. The SMILES string of the molecule is CC(N)C(C)C(=O)Nc1ccc(Sc2nncs2)c(Cl)c1.Cl. The molecule has 5 nitrogen and oxygen atoms in total. The molecular formula is C13H16Cl2N4OS2. The van der Waals surface area contributed by atoms with E-state index >= 15 is 0 Å². The molecule has 0 fully saturated rings. The number of hydrogen-bond acceptors (Lipinski definition) is 6. The van der Waals surface area contributed by atoms with Crippen LogP contribution in [0.25, 0.3) is 0 Å². The summed E-state index contributed by atoms with van der Waals surface area (Å²) in [7, 11) is 0. The summed E-state index contributed by atoms with van der Waals surface area (Å²) in [5.74, 6) is -0.384. The molecule has 0 bridgehead atoms. The smallest absolute Gasteiger partial charge is 0.228 e. The van der Waals surface area contributed by atoms with Crippen molar-refractivity contribution in [2.24, 2.45) is 11.7 Å². The summed E-state index contributed by atoms with van der Waals surface area (Å²) in [6, 6.07) is 5.17. The van der Waals surface area contributed by atoms with Gasteiger partial charge in [0, 0.05) is 16.6 Å². The number of carbonyl (C=O) groups is 1. The van der Waals surface area contributed by atoms with E-state index in [-0.39, 0.29) is 30.3 Å². The van der Waals surface area contributed by atoms with Gasteiger partial charge in [0.2, 0.25) is 5.91 Å². The van der Waals surface area contributed by atoms with Crippen LogP contribution in [0.2, 0.25) is 5.02 Å². The fraction of sp³-hybridized carbons (Fsp3) is 0.308. The highest BCUT2D eigenvalue weighted by molar-refractivity contribution is 8.01. The number of carbonyl (C=O) groups excluding carboxylic acids is 1. The standard InChI is InChI=1S/C13H15ClN4OS2.ClH/c1-7(8(2)15)12(19)17-9-3-4-11(10(14)5-9)21-13-18-16-6-20-13;/h3-8H,15H2,1-2H3,(H,17,19);1H. The van der Waals surface area contributed by atoms with E-state index in [1.54, 1.807) is 31.5 Å². The van der Waals surface area contributed by atoms with Crippen LogP contribution in [-0.4, -0.2) is 22.1 Å². The molecule has 2 unspecified atom stereocenters. The number of hydrogen-bond donors (Lipinski definition) is 2. The molecule has 1 heterocycles. The zero-order valence-corrected chi connectivity index (χ0v) is 15.2. The molecule has 0 saturated heterocycles. The Morgan fingerprint density at radius 1 is 1.45 bits per heavy atom. The first kappa shape index (κ1) is 19.2. The lowest BCUT2D eigenvalue weighted by Gasteiger charge is -2.15. The summed E-state index contributed by atoms with van der Waals surface area (Å²) in [5.41, 5.74) is 8.04. The molecule has 2 atom stereocenters. The van der Waals surface area contributed by atoms with Gasteiger partial charge in [-0.15, -0.1) is 22.6 Å². The highest BCUT2D eigenvalue weighted by atomic mass is 35.5. The molecule has 0 radical (unpaired) electrons. The van der Waals surface area contributed by atoms with Gasteiger partial charge >= 0.3 is 0 Å². The quantitative estimate of drug-likeness (QED) is 0.828. The lowest BCUT2D eigenvalue weighted by Crippen LogP contribution is -2.34. The Kier molecular flexibility index (Phi) is 7.58. The Bertz CT molecular complexity index is 623. The van der Waals surface area contributed by atoms with Crippen molar-refractivity contribution in [3.63, 3.8) is 0 Å². The van der Waals surface area contributed by atoms with Gasteiger partial charge in [-0.3, -0.25) is 4.79 Å². The average Bonchev–Trinajstić information content (AvgIpc) is 2.93. The van der Waals surface area contributed by atoms with Crippen molar-refractivity contribution < 1.29 is 4.79 Å². The van der Waals surface area contributed by atoms with E-state index in [0.29, 0.717) is 10.7 Å². The fourth-order valence-corrected chi connectivity index (χ4v) is 3.19. The van der Waals surface area contributed by atoms with Gasteiger partial charge in [0.15, 0.2) is 4.34 Å². The van der Waals surface area contributed by atoms with Gasteiger partial charge in [-0.05, 0) is 25.1 Å². The van der Waals surface area contributed by atoms with E-state index in [9.17, 15) is 4.79 Å². The normalized spacial score (nSPS) is 13.1. The van der Waals surface area contributed by atoms with Gasteiger partial charge in [-0.2, -0.15) is 0 Å². The van der Waals surface area contributed by atoms with Crippen LogP contribution < -0.4 is 11.1 Å². The number of aromatic nitrogens is 2. The number of rotatable bonds is 5. The third-order valence-electron chi connectivity index (χ3n) is 2.94. The van der Waals surface area contributed by atoms with E-state index in [0.717, 1.165) is 9.24 Å². The molecule has 22 heavy (non-hydrogen) atoms. The van der Waals surface area contributed by atoms with Crippen LogP contribution in [0.5, 0.6) is 0 Å². The van der Waals surface area contributed by atoms with Crippen LogP contribution in [0.15, 0.2) is 32.9 Å². The Labute approximate surface area is 148 Å². The van der Waals surface area contributed by atoms with Gasteiger partial charge in [-0.25, -0.2) is 0 Å². The summed E-state index contributed by atoms with van der Waals surface area (Å²) >= 11 is 9.12. The van der Waals surface area contributed by atoms with Crippen molar-refractivity contribution >= 4 is 58.7 Å².